The lowest BCUT2D eigenvalue weighted by molar-refractivity contribution is 0.960. The Morgan fingerprint density at radius 2 is 2.05 bits per heavy atom. The summed E-state index contributed by atoms with van der Waals surface area (Å²) >= 11 is 0. The Balaban J connectivity index is 2.40. The molecule has 0 saturated carbocycles. The van der Waals surface area contributed by atoms with Gasteiger partial charge >= 0.3 is 0 Å². The summed E-state index contributed by atoms with van der Waals surface area (Å²) in [7, 11) is 0. The SMILES string of the molecule is CCc1ccc(CC/C=C/C=C\C(C=N)=C(C)C)cn1. The maximum Gasteiger partial charge on any atom is 0.0401 e. The molecule has 20 heavy (non-hydrogen) atoms. The fraction of sp³-hybridized carbons (Fsp3) is 0.333. The highest BCUT2D eigenvalue weighted by Gasteiger charge is 1.93. The van der Waals surface area contributed by atoms with E-state index in [9.17, 15) is 0 Å². The summed E-state index contributed by atoms with van der Waals surface area (Å²) in [6.45, 7) is 6.15. The topological polar surface area (TPSA) is 36.7 Å². The smallest absolute Gasteiger partial charge is 0.0401 e. The van der Waals surface area contributed by atoms with Crippen molar-refractivity contribution in [1.29, 1.82) is 5.41 Å². The first-order chi connectivity index (χ1) is 9.67. The van der Waals surface area contributed by atoms with Crippen molar-refractivity contribution in [3.8, 4) is 0 Å². The van der Waals surface area contributed by atoms with Crippen molar-refractivity contribution in [3.63, 3.8) is 0 Å². The van der Waals surface area contributed by atoms with Crippen LogP contribution in [0.3, 0.4) is 0 Å². The maximum absolute atomic E-state index is 7.29. The zero-order valence-electron chi connectivity index (χ0n) is 12.7. The summed E-state index contributed by atoms with van der Waals surface area (Å²) in [5.41, 5.74) is 4.55. The predicted octanol–water partition coefficient (Wildman–Crippen LogP) is 4.67. The number of hydrogen-bond donors (Lipinski definition) is 1. The molecule has 0 aliphatic heterocycles. The third-order valence-electron chi connectivity index (χ3n) is 3.10. The van der Waals surface area contributed by atoms with Gasteiger partial charge in [-0.1, -0.05) is 42.9 Å². The molecule has 1 aromatic heterocycles. The van der Waals surface area contributed by atoms with Crippen LogP contribution in [0.4, 0.5) is 0 Å². The highest BCUT2D eigenvalue weighted by molar-refractivity contribution is 5.80. The highest BCUT2D eigenvalue weighted by Crippen LogP contribution is 2.05. The molecule has 0 aliphatic rings. The molecule has 0 atom stereocenters. The normalized spacial score (nSPS) is 11.2. The molecule has 0 aromatic carbocycles. The minimum Gasteiger partial charge on any atom is -0.308 e. The Hall–Kier alpha value is -1.96. The summed E-state index contributed by atoms with van der Waals surface area (Å²) in [6, 6.07) is 4.26. The molecule has 0 saturated heterocycles. The number of nitrogens with one attached hydrogen (secondary N) is 1. The van der Waals surface area contributed by atoms with E-state index in [1.165, 1.54) is 11.8 Å². The van der Waals surface area contributed by atoms with Gasteiger partial charge in [0.1, 0.15) is 0 Å². The van der Waals surface area contributed by atoms with Gasteiger partial charge in [-0.05, 0) is 50.3 Å². The Morgan fingerprint density at radius 3 is 2.60 bits per heavy atom. The lowest BCUT2D eigenvalue weighted by Crippen LogP contribution is -1.89. The van der Waals surface area contributed by atoms with Gasteiger partial charge in [0.25, 0.3) is 0 Å². The van der Waals surface area contributed by atoms with E-state index in [4.69, 9.17) is 5.41 Å². The second-order valence-electron chi connectivity index (χ2n) is 4.94. The van der Waals surface area contributed by atoms with Crippen LogP contribution >= 0.6 is 0 Å². The second kappa shape index (κ2) is 9.03. The van der Waals surface area contributed by atoms with Crippen molar-refractivity contribution in [1.82, 2.24) is 4.98 Å². The average molecular weight is 268 g/mol. The molecule has 2 heteroatoms. The van der Waals surface area contributed by atoms with Crippen molar-refractivity contribution in [3.05, 3.63) is 65.0 Å². The number of aryl methyl sites for hydroxylation is 2. The molecule has 1 N–H and O–H groups in total. The maximum atomic E-state index is 7.29. The summed E-state index contributed by atoms with van der Waals surface area (Å²) in [4.78, 5) is 4.40. The molecule has 0 bridgehead atoms. The third-order valence-corrected chi connectivity index (χ3v) is 3.10. The second-order valence-corrected chi connectivity index (χ2v) is 4.94. The molecule has 0 spiro atoms. The molecule has 0 radical (unpaired) electrons. The van der Waals surface area contributed by atoms with Gasteiger partial charge in [-0.25, -0.2) is 0 Å². The summed E-state index contributed by atoms with van der Waals surface area (Å²) < 4.78 is 0. The van der Waals surface area contributed by atoms with Crippen LogP contribution in [-0.2, 0) is 12.8 Å². The van der Waals surface area contributed by atoms with Crippen LogP contribution in [0.5, 0.6) is 0 Å². The number of rotatable bonds is 7. The molecule has 1 aromatic rings. The molecule has 1 rings (SSSR count). The summed E-state index contributed by atoms with van der Waals surface area (Å²) in [5, 5.41) is 7.29. The van der Waals surface area contributed by atoms with Crippen LogP contribution in [-0.4, -0.2) is 11.2 Å². The Bertz CT molecular complexity index is 501. The van der Waals surface area contributed by atoms with Gasteiger partial charge in [0, 0.05) is 18.1 Å². The van der Waals surface area contributed by atoms with Crippen molar-refractivity contribution >= 4 is 6.21 Å². The number of nitrogens with zero attached hydrogens (tertiary/aromatic N) is 1. The molecule has 0 amide bonds. The molecule has 0 aliphatic carbocycles. The molecular weight excluding hydrogens is 244 g/mol. The van der Waals surface area contributed by atoms with E-state index in [2.05, 4.69) is 30.1 Å². The quantitative estimate of drug-likeness (QED) is 0.566. The van der Waals surface area contributed by atoms with Crippen molar-refractivity contribution in [2.24, 2.45) is 0 Å². The van der Waals surface area contributed by atoms with E-state index in [1.54, 1.807) is 0 Å². The fourth-order valence-electron chi connectivity index (χ4n) is 1.76. The van der Waals surface area contributed by atoms with Gasteiger partial charge in [0.05, 0.1) is 0 Å². The molecule has 0 unspecified atom stereocenters. The van der Waals surface area contributed by atoms with Crippen LogP contribution < -0.4 is 0 Å². The van der Waals surface area contributed by atoms with Crippen molar-refractivity contribution in [2.45, 2.75) is 40.0 Å². The number of pyridine rings is 1. The van der Waals surface area contributed by atoms with Gasteiger partial charge in [0.2, 0.25) is 0 Å². The largest absolute Gasteiger partial charge is 0.308 e. The van der Waals surface area contributed by atoms with Crippen LogP contribution in [0, 0.1) is 5.41 Å². The van der Waals surface area contributed by atoms with E-state index in [-0.39, 0.29) is 0 Å². The number of hydrogen-bond acceptors (Lipinski definition) is 2. The fourth-order valence-corrected chi connectivity index (χ4v) is 1.76. The lowest BCUT2D eigenvalue weighted by Gasteiger charge is -1.99. The minimum atomic E-state index is 0.967. The molecule has 1 heterocycles. The molecular formula is C18H24N2. The van der Waals surface area contributed by atoms with Gasteiger partial charge in [-0.3, -0.25) is 4.98 Å². The van der Waals surface area contributed by atoms with Crippen LogP contribution in [0.2, 0.25) is 0 Å². The highest BCUT2D eigenvalue weighted by atomic mass is 14.7. The van der Waals surface area contributed by atoms with E-state index in [1.807, 2.05) is 38.3 Å². The Kier molecular flexibility index (Phi) is 7.26. The lowest BCUT2D eigenvalue weighted by atomic mass is 10.1. The minimum absolute atomic E-state index is 0.967. The summed E-state index contributed by atoms with van der Waals surface area (Å²) in [5.74, 6) is 0. The first-order valence-electron chi connectivity index (χ1n) is 7.12. The van der Waals surface area contributed by atoms with Gasteiger partial charge in [-0.2, -0.15) is 0 Å². The number of allylic oxidation sites excluding steroid dienone is 6. The number of aromatic nitrogens is 1. The van der Waals surface area contributed by atoms with Gasteiger partial charge in [0.15, 0.2) is 0 Å². The standard InChI is InChI=1S/C18H24N2/c1-4-18-12-11-16(14-20-18)9-7-5-6-8-10-17(13-19)15(2)3/h5-6,8,10-14,19H,4,7,9H2,1-3H3/b6-5+,10-8-,19-13?. The van der Waals surface area contributed by atoms with Crippen molar-refractivity contribution < 1.29 is 0 Å². The monoisotopic (exact) mass is 268 g/mol. The third kappa shape index (κ3) is 5.79. The van der Waals surface area contributed by atoms with E-state index in [0.717, 1.165) is 36.1 Å². The van der Waals surface area contributed by atoms with Gasteiger partial charge < -0.3 is 5.41 Å². The summed E-state index contributed by atoms with van der Waals surface area (Å²) in [6.07, 6.45) is 14.5. The first-order valence-corrected chi connectivity index (χ1v) is 7.12. The van der Waals surface area contributed by atoms with Crippen molar-refractivity contribution in [2.75, 3.05) is 0 Å². The molecule has 0 fully saturated rings. The van der Waals surface area contributed by atoms with Crippen LogP contribution in [0.15, 0.2) is 53.8 Å². The van der Waals surface area contributed by atoms with E-state index >= 15 is 0 Å². The van der Waals surface area contributed by atoms with Crippen LogP contribution in [0.1, 0.15) is 38.4 Å². The Labute approximate surface area is 122 Å². The van der Waals surface area contributed by atoms with E-state index < -0.39 is 0 Å². The molecule has 2 nitrogen and oxygen atoms in total. The van der Waals surface area contributed by atoms with Crippen LogP contribution in [0.25, 0.3) is 0 Å². The zero-order chi connectivity index (χ0) is 14.8. The van der Waals surface area contributed by atoms with E-state index in [0.29, 0.717) is 0 Å². The zero-order valence-corrected chi connectivity index (χ0v) is 12.7. The van der Waals surface area contributed by atoms with Gasteiger partial charge in [-0.15, -0.1) is 0 Å². The predicted molar refractivity (Wildman–Crippen MR) is 87.4 cm³/mol. The average Bonchev–Trinajstić information content (AvgIpc) is 2.46. The first kappa shape index (κ1) is 16.1. The Morgan fingerprint density at radius 1 is 1.25 bits per heavy atom. The molecule has 106 valence electrons.